The van der Waals surface area contributed by atoms with Crippen molar-refractivity contribution in [2.75, 3.05) is 31.1 Å². The Morgan fingerprint density at radius 3 is 3.06 bits per heavy atom. The maximum Gasteiger partial charge on any atom is 0.317 e. The van der Waals surface area contributed by atoms with Gasteiger partial charge in [0.25, 0.3) is 0 Å². The van der Waals surface area contributed by atoms with Crippen molar-refractivity contribution in [2.45, 2.75) is 6.04 Å². The van der Waals surface area contributed by atoms with E-state index in [0.29, 0.717) is 37.7 Å². The van der Waals surface area contributed by atoms with Gasteiger partial charge in [-0.3, -0.25) is 0 Å². The number of hydrogen-bond donors (Lipinski definition) is 1. The first-order valence-corrected chi connectivity index (χ1v) is 5.80. The lowest BCUT2D eigenvalue weighted by molar-refractivity contribution is 0.197. The topological polar surface area (TPSA) is 85.2 Å². The van der Waals surface area contributed by atoms with Crippen LogP contribution in [0.5, 0.6) is 0 Å². The van der Waals surface area contributed by atoms with Crippen molar-refractivity contribution in [3.8, 4) is 6.07 Å². The number of aromatic nitrogens is 2. The number of urea groups is 1. The van der Waals surface area contributed by atoms with Crippen molar-refractivity contribution in [1.29, 1.82) is 5.26 Å². The monoisotopic (exact) mass is 244 g/mol. The van der Waals surface area contributed by atoms with Gasteiger partial charge < -0.3 is 15.1 Å². The lowest BCUT2D eigenvalue weighted by Crippen LogP contribution is -2.52. The molecule has 1 N–H and O–H groups in total. The lowest BCUT2D eigenvalue weighted by atomic mass is 10.2. The number of hydrogen-bond acceptors (Lipinski definition) is 5. The van der Waals surface area contributed by atoms with Crippen molar-refractivity contribution in [3.05, 3.63) is 18.1 Å². The number of amides is 2. The molecule has 0 aromatic carbocycles. The van der Waals surface area contributed by atoms with E-state index >= 15 is 0 Å². The molecule has 7 nitrogen and oxygen atoms in total. The first kappa shape index (κ1) is 10.8. The molecule has 92 valence electrons. The molecule has 1 atom stereocenters. The van der Waals surface area contributed by atoms with Gasteiger partial charge in [-0.25, -0.2) is 14.8 Å². The normalized spacial score (nSPS) is 22.4. The van der Waals surface area contributed by atoms with Crippen molar-refractivity contribution in [3.63, 3.8) is 0 Å². The first-order chi connectivity index (χ1) is 8.79. The van der Waals surface area contributed by atoms with Crippen LogP contribution in [0.15, 0.2) is 12.4 Å². The highest BCUT2D eigenvalue weighted by Crippen LogP contribution is 2.20. The highest BCUT2D eigenvalue weighted by Gasteiger charge is 2.36. The highest BCUT2D eigenvalue weighted by atomic mass is 16.2. The van der Waals surface area contributed by atoms with Gasteiger partial charge in [0, 0.05) is 38.6 Å². The number of anilines is 1. The second kappa shape index (κ2) is 4.14. The number of fused-ring (bicyclic) bond motifs is 1. The van der Waals surface area contributed by atoms with Gasteiger partial charge in [0.05, 0.1) is 6.04 Å². The molecular weight excluding hydrogens is 232 g/mol. The molecule has 1 aromatic heterocycles. The van der Waals surface area contributed by atoms with Crippen LogP contribution >= 0.6 is 0 Å². The van der Waals surface area contributed by atoms with E-state index < -0.39 is 0 Å². The Bertz CT molecular complexity index is 525. The molecule has 18 heavy (non-hydrogen) atoms. The van der Waals surface area contributed by atoms with Crippen molar-refractivity contribution in [2.24, 2.45) is 0 Å². The third-order valence-corrected chi connectivity index (χ3v) is 3.32. The summed E-state index contributed by atoms with van der Waals surface area (Å²) in [4.78, 5) is 23.6. The second-order valence-electron chi connectivity index (χ2n) is 4.32. The number of carbonyl (C=O) groups excluding carboxylic acids is 1. The molecule has 2 fully saturated rings. The third-order valence-electron chi connectivity index (χ3n) is 3.32. The summed E-state index contributed by atoms with van der Waals surface area (Å²) in [5, 5.41) is 11.8. The molecule has 0 bridgehead atoms. The van der Waals surface area contributed by atoms with E-state index in [1.807, 2.05) is 15.9 Å². The Kier molecular flexibility index (Phi) is 2.48. The Morgan fingerprint density at radius 1 is 1.39 bits per heavy atom. The van der Waals surface area contributed by atoms with Crippen molar-refractivity contribution in [1.82, 2.24) is 20.2 Å². The van der Waals surface area contributed by atoms with Gasteiger partial charge in [-0.05, 0) is 0 Å². The summed E-state index contributed by atoms with van der Waals surface area (Å²) in [6.45, 7) is 2.67. The molecule has 2 saturated heterocycles. The van der Waals surface area contributed by atoms with Gasteiger partial charge in [0.2, 0.25) is 0 Å². The molecule has 2 aliphatic rings. The Balaban J connectivity index is 1.83. The van der Waals surface area contributed by atoms with Crippen LogP contribution in [0.2, 0.25) is 0 Å². The van der Waals surface area contributed by atoms with Crippen LogP contribution in [-0.4, -0.2) is 53.1 Å². The SMILES string of the molecule is N#Cc1nccnc1N1CCN2C(=O)NCC2C1. The largest absolute Gasteiger partial charge is 0.350 e. The number of nitrogens with one attached hydrogen (secondary N) is 1. The molecule has 0 radical (unpaired) electrons. The number of carbonyl (C=O) groups is 1. The lowest BCUT2D eigenvalue weighted by Gasteiger charge is -2.37. The molecule has 0 saturated carbocycles. The minimum Gasteiger partial charge on any atom is -0.350 e. The summed E-state index contributed by atoms with van der Waals surface area (Å²) >= 11 is 0. The van der Waals surface area contributed by atoms with Gasteiger partial charge in [-0.15, -0.1) is 0 Å². The fraction of sp³-hybridized carbons (Fsp3) is 0.455. The van der Waals surface area contributed by atoms with Crippen LogP contribution < -0.4 is 10.2 Å². The van der Waals surface area contributed by atoms with E-state index in [2.05, 4.69) is 15.3 Å². The van der Waals surface area contributed by atoms with Crippen molar-refractivity contribution < 1.29 is 4.79 Å². The molecule has 0 spiro atoms. The summed E-state index contributed by atoms with van der Waals surface area (Å²) in [7, 11) is 0. The predicted octanol–water partition coefficient (Wildman–Crippen LogP) is -0.438. The molecule has 3 heterocycles. The predicted molar refractivity (Wildman–Crippen MR) is 62.9 cm³/mol. The van der Waals surface area contributed by atoms with E-state index in [9.17, 15) is 4.79 Å². The van der Waals surface area contributed by atoms with E-state index in [1.165, 1.54) is 6.20 Å². The van der Waals surface area contributed by atoms with E-state index in [-0.39, 0.29) is 12.1 Å². The van der Waals surface area contributed by atoms with E-state index in [0.717, 1.165) is 0 Å². The zero-order valence-corrected chi connectivity index (χ0v) is 9.70. The quantitative estimate of drug-likeness (QED) is 0.724. The van der Waals surface area contributed by atoms with E-state index in [1.54, 1.807) is 6.20 Å². The van der Waals surface area contributed by atoms with E-state index in [4.69, 9.17) is 5.26 Å². The number of nitrogens with zero attached hydrogens (tertiary/aromatic N) is 5. The van der Waals surface area contributed by atoms with Crippen LogP contribution in [0.3, 0.4) is 0 Å². The van der Waals surface area contributed by atoms with Gasteiger partial charge >= 0.3 is 6.03 Å². The van der Waals surface area contributed by atoms with Gasteiger partial charge in [-0.1, -0.05) is 0 Å². The van der Waals surface area contributed by atoms with Crippen LogP contribution in [0, 0.1) is 11.3 Å². The fourth-order valence-electron chi connectivity index (χ4n) is 2.44. The molecule has 1 aromatic rings. The minimum absolute atomic E-state index is 0.000646. The zero-order valence-electron chi connectivity index (χ0n) is 9.70. The smallest absolute Gasteiger partial charge is 0.317 e. The van der Waals surface area contributed by atoms with Crippen LogP contribution in [0.4, 0.5) is 10.6 Å². The summed E-state index contributed by atoms with van der Waals surface area (Å²) in [6, 6.07) is 2.20. The Morgan fingerprint density at radius 2 is 2.22 bits per heavy atom. The Hall–Kier alpha value is -2.36. The summed E-state index contributed by atoms with van der Waals surface area (Å²) < 4.78 is 0. The molecule has 2 aliphatic heterocycles. The number of piperazine rings is 1. The van der Waals surface area contributed by atoms with Gasteiger partial charge in [-0.2, -0.15) is 5.26 Å². The number of nitriles is 1. The zero-order chi connectivity index (χ0) is 12.5. The first-order valence-electron chi connectivity index (χ1n) is 5.80. The standard InChI is InChI=1S/C11H12N6O/c12-5-9-10(14-2-1-13-9)16-3-4-17-8(7-16)6-15-11(17)18/h1-2,8H,3-4,6-7H2,(H,15,18). The molecular formula is C11H12N6O. The minimum atomic E-state index is -0.000646. The maximum atomic E-state index is 11.5. The summed E-state index contributed by atoms with van der Waals surface area (Å²) in [6.07, 6.45) is 3.10. The van der Waals surface area contributed by atoms with Crippen LogP contribution in [0.25, 0.3) is 0 Å². The van der Waals surface area contributed by atoms with Gasteiger partial charge in [0.1, 0.15) is 6.07 Å². The number of rotatable bonds is 1. The maximum absolute atomic E-state index is 11.5. The van der Waals surface area contributed by atoms with Crippen molar-refractivity contribution >= 4 is 11.8 Å². The highest BCUT2D eigenvalue weighted by molar-refractivity contribution is 5.77. The molecule has 3 rings (SSSR count). The molecule has 1 unspecified atom stereocenters. The third kappa shape index (κ3) is 1.62. The summed E-state index contributed by atoms with van der Waals surface area (Å²) in [5.41, 5.74) is 0.336. The molecule has 2 amide bonds. The average Bonchev–Trinajstić information content (AvgIpc) is 2.80. The Labute approximate surface area is 104 Å². The van der Waals surface area contributed by atoms with Gasteiger partial charge in [0.15, 0.2) is 11.5 Å². The fourth-order valence-corrected chi connectivity index (χ4v) is 2.44. The summed E-state index contributed by atoms with van der Waals surface area (Å²) in [5.74, 6) is 0.610. The average molecular weight is 244 g/mol. The second-order valence-corrected chi connectivity index (χ2v) is 4.32. The van der Waals surface area contributed by atoms with Crippen LogP contribution in [-0.2, 0) is 0 Å². The molecule has 0 aliphatic carbocycles. The van der Waals surface area contributed by atoms with Crippen LogP contribution in [0.1, 0.15) is 5.69 Å². The molecule has 7 heteroatoms.